The van der Waals surface area contributed by atoms with Gasteiger partial charge in [0.2, 0.25) is 0 Å². The molecule has 1 aromatic heterocycles. The van der Waals surface area contributed by atoms with Gasteiger partial charge in [-0.15, -0.1) is 0 Å². The van der Waals surface area contributed by atoms with Crippen LogP contribution < -0.4 is 10.9 Å². The number of H-pyrrole nitrogens is 1. The van der Waals surface area contributed by atoms with Gasteiger partial charge in [-0.1, -0.05) is 20.8 Å². The second kappa shape index (κ2) is 6.85. The second-order valence-corrected chi connectivity index (χ2v) is 5.44. The molecular formula is C14H24N4O2. The van der Waals surface area contributed by atoms with E-state index in [9.17, 15) is 4.79 Å². The average Bonchev–Trinajstić information content (AvgIpc) is 2.44. The summed E-state index contributed by atoms with van der Waals surface area (Å²) in [5, 5.41) is 3.21. The minimum absolute atomic E-state index is 0.119. The average molecular weight is 280 g/mol. The molecule has 112 valence electrons. The molecule has 2 rings (SSSR count). The highest BCUT2D eigenvalue weighted by Gasteiger charge is 2.19. The Morgan fingerprint density at radius 2 is 2.40 bits per heavy atom. The molecule has 1 aliphatic rings. The smallest absolute Gasteiger partial charge is 0.252 e. The molecule has 2 N–H and O–H groups in total. The lowest BCUT2D eigenvalue weighted by molar-refractivity contribution is -0.0192. The van der Waals surface area contributed by atoms with Crippen molar-refractivity contribution in [3.63, 3.8) is 0 Å². The maximum absolute atomic E-state index is 11.6. The number of anilines is 1. The number of ether oxygens (including phenoxy) is 1. The monoisotopic (exact) mass is 280 g/mol. The van der Waals surface area contributed by atoms with Crippen LogP contribution in [0.4, 0.5) is 5.82 Å². The highest BCUT2D eigenvalue weighted by Crippen LogP contribution is 2.10. The first-order chi connectivity index (χ1) is 9.58. The summed E-state index contributed by atoms with van der Waals surface area (Å²) in [5.41, 5.74) is -0.119. The van der Waals surface area contributed by atoms with Crippen molar-refractivity contribution in [2.75, 3.05) is 38.1 Å². The van der Waals surface area contributed by atoms with Gasteiger partial charge in [0.15, 0.2) is 0 Å². The first kappa shape index (κ1) is 15.0. The SMILES string of the molecule is CCN1CCOC(CNc2cc(=O)[nH]c(C(C)C)n2)C1. The van der Waals surface area contributed by atoms with Crippen LogP contribution in [0.1, 0.15) is 32.5 Å². The quantitative estimate of drug-likeness (QED) is 0.843. The zero-order chi connectivity index (χ0) is 14.5. The molecule has 1 atom stereocenters. The Balaban J connectivity index is 1.95. The number of rotatable bonds is 5. The first-order valence-electron chi connectivity index (χ1n) is 7.27. The number of hydrogen-bond acceptors (Lipinski definition) is 5. The molecule has 0 bridgehead atoms. The molecule has 1 unspecified atom stereocenters. The third-order valence-electron chi connectivity index (χ3n) is 3.49. The molecule has 1 fully saturated rings. The lowest BCUT2D eigenvalue weighted by atomic mass is 10.2. The normalized spacial score (nSPS) is 20.3. The van der Waals surface area contributed by atoms with Crippen LogP contribution in [0, 0.1) is 0 Å². The third-order valence-corrected chi connectivity index (χ3v) is 3.49. The minimum Gasteiger partial charge on any atom is -0.374 e. The van der Waals surface area contributed by atoms with Crippen LogP contribution in [0.25, 0.3) is 0 Å². The van der Waals surface area contributed by atoms with Gasteiger partial charge < -0.3 is 15.0 Å². The summed E-state index contributed by atoms with van der Waals surface area (Å²) in [7, 11) is 0. The van der Waals surface area contributed by atoms with Crippen molar-refractivity contribution in [2.24, 2.45) is 0 Å². The largest absolute Gasteiger partial charge is 0.374 e. The van der Waals surface area contributed by atoms with Crippen LogP contribution in [0.2, 0.25) is 0 Å². The van der Waals surface area contributed by atoms with Crippen molar-refractivity contribution in [1.29, 1.82) is 0 Å². The number of nitrogens with zero attached hydrogens (tertiary/aromatic N) is 2. The summed E-state index contributed by atoms with van der Waals surface area (Å²) in [6.45, 7) is 10.6. The van der Waals surface area contributed by atoms with E-state index in [4.69, 9.17) is 4.74 Å². The molecule has 0 aliphatic carbocycles. The van der Waals surface area contributed by atoms with E-state index in [2.05, 4.69) is 27.1 Å². The molecule has 2 heterocycles. The number of aromatic amines is 1. The topological polar surface area (TPSA) is 70.2 Å². The van der Waals surface area contributed by atoms with E-state index in [1.54, 1.807) is 0 Å². The molecule has 6 heteroatoms. The molecule has 1 saturated heterocycles. The van der Waals surface area contributed by atoms with Gasteiger partial charge in [0.05, 0.1) is 12.7 Å². The van der Waals surface area contributed by atoms with Crippen molar-refractivity contribution in [3.05, 3.63) is 22.2 Å². The van der Waals surface area contributed by atoms with Crippen molar-refractivity contribution in [3.8, 4) is 0 Å². The van der Waals surface area contributed by atoms with E-state index in [1.807, 2.05) is 13.8 Å². The van der Waals surface area contributed by atoms with Crippen LogP contribution in [-0.4, -0.2) is 53.8 Å². The maximum atomic E-state index is 11.6. The molecule has 0 radical (unpaired) electrons. The van der Waals surface area contributed by atoms with Crippen molar-refractivity contribution in [2.45, 2.75) is 32.8 Å². The predicted octanol–water partition coefficient (Wildman–Crippen LogP) is 1.03. The standard InChI is InChI=1S/C14H24N4O2/c1-4-18-5-6-20-11(9-18)8-15-12-7-13(19)17-14(16-12)10(2)3/h7,10-11H,4-6,8-9H2,1-3H3,(H2,15,16,17,19). The van der Waals surface area contributed by atoms with Gasteiger partial charge in [0, 0.05) is 31.6 Å². The summed E-state index contributed by atoms with van der Waals surface area (Å²) in [6.07, 6.45) is 0.146. The van der Waals surface area contributed by atoms with E-state index >= 15 is 0 Å². The Kier molecular flexibility index (Phi) is 5.14. The first-order valence-corrected chi connectivity index (χ1v) is 7.27. The van der Waals surface area contributed by atoms with E-state index < -0.39 is 0 Å². The van der Waals surface area contributed by atoms with Gasteiger partial charge in [-0.2, -0.15) is 0 Å². The summed E-state index contributed by atoms with van der Waals surface area (Å²) in [4.78, 5) is 21.1. The Hall–Kier alpha value is -1.40. The highest BCUT2D eigenvalue weighted by molar-refractivity contribution is 5.33. The summed E-state index contributed by atoms with van der Waals surface area (Å²) in [6, 6.07) is 1.49. The van der Waals surface area contributed by atoms with Crippen LogP contribution >= 0.6 is 0 Å². The minimum atomic E-state index is -0.119. The molecule has 1 aliphatic heterocycles. The van der Waals surface area contributed by atoms with E-state index in [1.165, 1.54) is 6.07 Å². The molecule has 0 aromatic carbocycles. The summed E-state index contributed by atoms with van der Waals surface area (Å²) >= 11 is 0. The molecule has 0 spiro atoms. The number of nitrogens with one attached hydrogen (secondary N) is 2. The van der Waals surface area contributed by atoms with Gasteiger partial charge in [-0.25, -0.2) is 4.98 Å². The Labute approximate surface area is 119 Å². The second-order valence-electron chi connectivity index (χ2n) is 5.44. The highest BCUT2D eigenvalue weighted by atomic mass is 16.5. The van der Waals surface area contributed by atoms with Crippen LogP contribution in [0.5, 0.6) is 0 Å². The molecule has 0 saturated carbocycles. The Bertz CT molecular complexity index is 486. The van der Waals surface area contributed by atoms with Crippen molar-refractivity contribution in [1.82, 2.24) is 14.9 Å². The van der Waals surface area contributed by atoms with Gasteiger partial charge in [-0.05, 0) is 6.54 Å². The molecule has 1 aromatic rings. The number of morpholine rings is 1. The molecule has 0 amide bonds. The van der Waals surface area contributed by atoms with Crippen LogP contribution in [-0.2, 0) is 4.74 Å². The predicted molar refractivity (Wildman–Crippen MR) is 79.3 cm³/mol. The van der Waals surface area contributed by atoms with E-state index in [0.29, 0.717) is 18.2 Å². The number of likely N-dealkylation sites (N-methyl/N-ethyl adjacent to an activating group) is 1. The summed E-state index contributed by atoms with van der Waals surface area (Å²) < 4.78 is 5.72. The zero-order valence-electron chi connectivity index (χ0n) is 12.5. The third kappa shape index (κ3) is 4.05. The van der Waals surface area contributed by atoms with Gasteiger partial charge in [0.25, 0.3) is 5.56 Å². The molecule has 6 nitrogen and oxygen atoms in total. The fourth-order valence-electron chi connectivity index (χ4n) is 2.25. The lowest BCUT2D eigenvalue weighted by Gasteiger charge is -2.32. The molecule has 20 heavy (non-hydrogen) atoms. The van der Waals surface area contributed by atoms with Gasteiger partial charge in [-0.3, -0.25) is 9.69 Å². The Morgan fingerprint density at radius 3 is 3.10 bits per heavy atom. The zero-order valence-corrected chi connectivity index (χ0v) is 12.5. The molecular weight excluding hydrogens is 256 g/mol. The fourth-order valence-corrected chi connectivity index (χ4v) is 2.25. The van der Waals surface area contributed by atoms with Crippen molar-refractivity contribution >= 4 is 5.82 Å². The Morgan fingerprint density at radius 1 is 1.60 bits per heavy atom. The van der Waals surface area contributed by atoms with E-state index in [0.717, 1.165) is 26.2 Å². The van der Waals surface area contributed by atoms with Crippen LogP contribution in [0.3, 0.4) is 0 Å². The van der Waals surface area contributed by atoms with Gasteiger partial charge in [0.1, 0.15) is 11.6 Å². The van der Waals surface area contributed by atoms with E-state index in [-0.39, 0.29) is 17.6 Å². The lowest BCUT2D eigenvalue weighted by Crippen LogP contribution is -2.45. The summed E-state index contributed by atoms with van der Waals surface area (Å²) in [5.74, 6) is 1.53. The van der Waals surface area contributed by atoms with Gasteiger partial charge >= 0.3 is 0 Å². The maximum Gasteiger partial charge on any atom is 0.252 e. The van der Waals surface area contributed by atoms with Crippen LogP contribution in [0.15, 0.2) is 10.9 Å². The number of aromatic nitrogens is 2. The fraction of sp³-hybridized carbons (Fsp3) is 0.714. The number of hydrogen-bond donors (Lipinski definition) is 2. The van der Waals surface area contributed by atoms with Crippen molar-refractivity contribution < 1.29 is 4.74 Å².